The van der Waals surface area contributed by atoms with E-state index in [2.05, 4.69) is 16.9 Å². The van der Waals surface area contributed by atoms with E-state index in [4.69, 9.17) is 4.74 Å². The second-order valence-corrected chi connectivity index (χ2v) is 4.27. The Hall–Kier alpha value is -2.62. The molecule has 1 aromatic carbocycles. The molecule has 0 saturated carbocycles. The number of hydrogen-bond acceptors (Lipinski definition) is 3. The maximum absolute atomic E-state index is 12.2. The Morgan fingerprint density at radius 3 is 2.85 bits per heavy atom. The normalized spacial score (nSPS) is 9.85. The van der Waals surface area contributed by atoms with E-state index in [-0.39, 0.29) is 5.91 Å². The van der Waals surface area contributed by atoms with Crippen LogP contribution in [0.4, 0.5) is 5.82 Å². The first-order valence-electron chi connectivity index (χ1n) is 6.27. The Labute approximate surface area is 118 Å². The van der Waals surface area contributed by atoms with Gasteiger partial charge >= 0.3 is 0 Å². The number of nitrogens with one attached hydrogen (secondary N) is 1. The molecular weight excluding hydrogens is 252 g/mol. The van der Waals surface area contributed by atoms with Crippen LogP contribution < -0.4 is 10.1 Å². The maximum atomic E-state index is 12.2. The maximum Gasteiger partial charge on any atom is 0.260 e. The predicted molar refractivity (Wildman–Crippen MR) is 79.1 cm³/mol. The van der Waals surface area contributed by atoms with Crippen LogP contribution in [0.25, 0.3) is 0 Å². The summed E-state index contributed by atoms with van der Waals surface area (Å²) < 4.78 is 5.46. The van der Waals surface area contributed by atoms with Crippen molar-refractivity contribution in [3.63, 3.8) is 0 Å². The number of hydrogen-bond donors (Lipinski definition) is 1. The average molecular weight is 268 g/mol. The summed E-state index contributed by atoms with van der Waals surface area (Å²) in [6, 6.07) is 10.7. The van der Waals surface area contributed by atoms with E-state index in [1.807, 2.05) is 19.1 Å². The molecule has 2 rings (SSSR count). The van der Waals surface area contributed by atoms with Crippen molar-refractivity contribution in [3.05, 3.63) is 66.4 Å². The molecule has 0 atom stereocenters. The molecule has 4 nitrogen and oxygen atoms in total. The Balaban J connectivity index is 2.16. The van der Waals surface area contributed by atoms with Gasteiger partial charge in [0.05, 0.1) is 5.56 Å². The number of amides is 1. The van der Waals surface area contributed by atoms with Crippen molar-refractivity contribution in [1.82, 2.24) is 4.98 Å². The van der Waals surface area contributed by atoms with E-state index < -0.39 is 0 Å². The molecule has 20 heavy (non-hydrogen) atoms. The van der Waals surface area contributed by atoms with Crippen molar-refractivity contribution in [2.75, 3.05) is 11.9 Å². The first-order chi connectivity index (χ1) is 9.70. The lowest BCUT2D eigenvalue weighted by molar-refractivity contribution is 0.102. The number of rotatable bonds is 5. The molecule has 0 saturated heterocycles. The van der Waals surface area contributed by atoms with Crippen molar-refractivity contribution < 1.29 is 9.53 Å². The summed E-state index contributed by atoms with van der Waals surface area (Å²) >= 11 is 0. The molecule has 0 fully saturated rings. The molecule has 4 heteroatoms. The molecule has 0 unspecified atom stereocenters. The molecule has 0 spiro atoms. The quantitative estimate of drug-likeness (QED) is 0.847. The van der Waals surface area contributed by atoms with Crippen LogP contribution in [0.15, 0.2) is 55.3 Å². The van der Waals surface area contributed by atoms with Gasteiger partial charge in [0.1, 0.15) is 18.2 Å². The highest BCUT2D eigenvalue weighted by atomic mass is 16.5. The number of pyridine rings is 1. The molecule has 0 aliphatic heterocycles. The van der Waals surface area contributed by atoms with Gasteiger partial charge in [-0.1, -0.05) is 30.9 Å². The van der Waals surface area contributed by atoms with Crippen LogP contribution in [0.3, 0.4) is 0 Å². The summed E-state index contributed by atoms with van der Waals surface area (Å²) in [4.78, 5) is 16.4. The zero-order chi connectivity index (χ0) is 14.4. The number of benzene rings is 1. The van der Waals surface area contributed by atoms with E-state index >= 15 is 0 Å². The first-order valence-corrected chi connectivity index (χ1v) is 6.27. The number of carbonyl (C=O) groups is 1. The van der Waals surface area contributed by atoms with Crippen LogP contribution in [-0.4, -0.2) is 17.5 Å². The highest BCUT2D eigenvalue weighted by Crippen LogP contribution is 2.19. The molecule has 1 heterocycles. The number of aromatic nitrogens is 1. The van der Waals surface area contributed by atoms with Crippen molar-refractivity contribution in [2.24, 2.45) is 0 Å². The SMILES string of the molecule is C=CCOc1ccccc1C(=O)Nc1ccc(C)cn1. The molecule has 0 radical (unpaired) electrons. The summed E-state index contributed by atoms with van der Waals surface area (Å²) in [5.41, 5.74) is 1.51. The van der Waals surface area contributed by atoms with E-state index in [1.165, 1.54) is 0 Å². The molecule has 2 aromatic rings. The molecule has 1 amide bonds. The van der Waals surface area contributed by atoms with E-state index in [0.717, 1.165) is 5.56 Å². The molecule has 0 aliphatic carbocycles. The average Bonchev–Trinajstić information content (AvgIpc) is 2.47. The van der Waals surface area contributed by atoms with Gasteiger partial charge in [-0.3, -0.25) is 4.79 Å². The van der Waals surface area contributed by atoms with Gasteiger partial charge in [0, 0.05) is 6.20 Å². The second-order valence-electron chi connectivity index (χ2n) is 4.27. The monoisotopic (exact) mass is 268 g/mol. The Bertz CT molecular complexity index is 606. The van der Waals surface area contributed by atoms with Gasteiger partial charge in [-0.15, -0.1) is 0 Å². The van der Waals surface area contributed by atoms with Crippen LogP contribution in [-0.2, 0) is 0 Å². The van der Waals surface area contributed by atoms with Gasteiger partial charge in [-0.25, -0.2) is 4.98 Å². The third-order valence-electron chi connectivity index (χ3n) is 2.64. The third kappa shape index (κ3) is 3.45. The Morgan fingerprint density at radius 2 is 2.15 bits per heavy atom. The highest BCUT2D eigenvalue weighted by Gasteiger charge is 2.12. The fourth-order valence-electron chi connectivity index (χ4n) is 1.65. The fourth-order valence-corrected chi connectivity index (χ4v) is 1.65. The van der Waals surface area contributed by atoms with Gasteiger partial charge in [-0.05, 0) is 30.7 Å². The number of carbonyl (C=O) groups excluding carboxylic acids is 1. The van der Waals surface area contributed by atoms with Gasteiger partial charge < -0.3 is 10.1 Å². The van der Waals surface area contributed by atoms with Crippen LogP contribution in [0.5, 0.6) is 5.75 Å². The van der Waals surface area contributed by atoms with Gasteiger partial charge in [0.15, 0.2) is 0 Å². The topological polar surface area (TPSA) is 51.2 Å². The minimum Gasteiger partial charge on any atom is -0.489 e. The molecule has 102 valence electrons. The van der Waals surface area contributed by atoms with E-state index in [9.17, 15) is 4.79 Å². The van der Waals surface area contributed by atoms with Gasteiger partial charge in [0.25, 0.3) is 5.91 Å². The minimum absolute atomic E-state index is 0.249. The van der Waals surface area contributed by atoms with Crippen LogP contribution in [0.1, 0.15) is 15.9 Å². The summed E-state index contributed by atoms with van der Waals surface area (Å²) in [5.74, 6) is 0.789. The second kappa shape index (κ2) is 6.52. The van der Waals surface area contributed by atoms with Gasteiger partial charge in [-0.2, -0.15) is 0 Å². The molecule has 0 aliphatic rings. The summed E-state index contributed by atoms with van der Waals surface area (Å²) in [6.07, 6.45) is 3.34. The van der Waals surface area contributed by atoms with E-state index in [0.29, 0.717) is 23.7 Å². The van der Waals surface area contributed by atoms with Crippen molar-refractivity contribution in [3.8, 4) is 5.75 Å². The minimum atomic E-state index is -0.249. The smallest absolute Gasteiger partial charge is 0.260 e. The summed E-state index contributed by atoms with van der Waals surface area (Å²) in [5, 5.41) is 2.75. The molecular formula is C16H16N2O2. The number of aryl methyl sites for hydroxylation is 1. The zero-order valence-electron chi connectivity index (χ0n) is 11.3. The number of nitrogens with zero attached hydrogens (tertiary/aromatic N) is 1. The Kier molecular flexibility index (Phi) is 4.50. The highest BCUT2D eigenvalue weighted by molar-refractivity contribution is 6.05. The lowest BCUT2D eigenvalue weighted by Crippen LogP contribution is -2.14. The van der Waals surface area contributed by atoms with Crippen molar-refractivity contribution in [2.45, 2.75) is 6.92 Å². The van der Waals surface area contributed by atoms with Crippen LogP contribution in [0, 0.1) is 6.92 Å². The standard InChI is InChI=1S/C16H16N2O2/c1-3-10-20-14-7-5-4-6-13(14)16(19)18-15-9-8-12(2)11-17-15/h3-9,11H,1,10H2,2H3,(H,17,18,19). The van der Waals surface area contributed by atoms with E-state index in [1.54, 1.807) is 36.5 Å². The Morgan fingerprint density at radius 1 is 1.35 bits per heavy atom. The molecule has 0 bridgehead atoms. The van der Waals surface area contributed by atoms with Crippen LogP contribution in [0.2, 0.25) is 0 Å². The number of anilines is 1. The van der Waals surface area contributed by atoms with Crippen LogP contribution >= 0.6 is 0 Å². The van der Waals surface area contributed by atoms with Gasteiger partial charge in [0.2, 0.25) is 0 Å². The zero-order valence-corrected chi connectivity index (χ0v) is 11.3. The third-order valence-corrected chi connectivity index (χ3v) is 2.64. The predicted octanol–water partition coefficient (Wildman–Crippen LogP) is 3.21. The van der Waals surface area contributed by atoms with Crippen molar-refractivity contribution in [1.29, 1.82) is 0 Å². The molecule has 1 aromatic heterocycles. The lowest BCUT2D eigenvalue weighted by Gasteiger charge is -2.10. The largest absolute Gasteiger partial charge is 0.489 e. The number of para-hydroxylation sites is 1. The fraction of sp³-hybridized carbons (Fsp3) is 0.125. The van der Waals surface area contributed by atoms with Crippen molar-refractivity contribution >= 4 is 11.7 Å². The lowest BCUT2D eigenvalue weighted by atomic mass is 10.2. The first kappa shape index (κ1) is 13.8. The summed E-state index contributed by atoms with van der Waals surface area (Å²) in [7, 11) is 0. The number of ether oxygens (including phenoxy) is 1. The molecule has 1 N–H and O–H groups in total. The summed E-state index contributed by atoms with van der Waals surface area (Å²) in [6.45, 7) is 5.89.